The van der Waals surface area contributed by atoms with E-state index >= 15 is 0 Å². The Morgan fingerprint density at radius 3 is 3.08 bits per heavy atom. The zero-order valence-corrected chi connectivity index (χ0v) is 8.56. The van der Waals surface area contributed by atoms with Crippen molar-refractivity contribution in [1.82, 2.24) is 4.98 Å². The first-order chi connectivity index (χ1) is 5.83. The third-order valence-corrected chi connectivity index (χ3v) is 1.75. The van der Waals surface area contributed by atoms with Gasteiger partial charge in [-0.2, -0.15) is 0 Å². The van der Waals surface area contributed by atoms with E-state index < -0.39 is 0 Å². The molecule has 0 atom stereocenters. The predicted octanol–water partition coefficient (Wildman–Crippen LogP) is 2.53. The topological polar surface area (TPSA) is 12.9 Å². The Balaban J connectivity index is 2.71. The summed E-state index contributed by atoms with van der Waals surface area (Å²) < 4.78 is 0. The Morgan fingerprint density at radius 1 is 1.58 bits per heavy atom. The first kappa shape index (κ1) is 9.28. The molecular weight excluding hydrogens is 214 g/mol. The fraction of sp³-hybridized carbons (Fsp3) is 0.300. The van der Waals surface area contributed by atoms with Gasteiger partial charge in [-0.25, -0.2) is 4.98 Å². The second kappa shape index (κ2) is 4.95. The van der Waals surface area contributed by atoms with Gasteiger partial charge in [-0.15, -0.1) is 0 Å². The highest BCUT2D eigenvalue weighted by Crippen LogP contribution is 1.97. The summed E-state index contributed by atoms with van der Waals surface area (Å²) >= 11 is 3.31. The fourth-order valence-corrected chi connectivity index (χ4v) is 1.00. The molecule has 0 saturated carbocycles. The van der Waals surface area contributed by atoms with Crippen LogP contribution in [0.3, 0.4) is 0 Å². The summed E-state index contributed by atoms with van der Waals surface area (Å²) in [4.78, 5) is 4.12. The Bertz CT molecular complexity index is 309. The van der Waals surface area contributed by atoms with Crippen molar-refractivity contribution in [2.24, 2.45) is 0 Å². The van der Waals surface area contributed by atoms with Crippen LogP contribution in [0, 0.1) is 18.8 Å². The van der Waals surface area contributed by atoms with Crippen molar-refractivity contribution < 1.29 is 0 Å². The summed E-state index contributed by atoms with van der Waals surface area (Å²) in [6.45, 7) is 2.04. The zero-order valence-electron chi connectivity index (χ0n) is 6.97. The lowest BCUT2D eigenvalue weighted by Crippen LogP contribution is -1.82. The molecule has 0 aliphatic carbocycles. The Hall–Kier alpha value is -0.810. The molecular formula is C10H10BrN. The molecule has 12 heavy (non-hydrogen) atoms. The van der Waals surface area contributed by atoms with Crippen molar-refractivity contribution in [3.8, 4) is 11.8 Å². The van der Waals surface area contributed by atoms with Gasteiger partial charge in [0.05, 0.1) is 0 Å². The average Bonchev–Trinajstić information content (AvgIpc) is 2.05. The predicted molar refractivity (Wildman–Crippen MR) is 54.3 cm³/mol. The monoisotopic (exact) mass is 223 g/mol. The number of alkyl halides is 1. The third-order valence-electron chi connectivity index (χ3n) is 1.35. The SMILES string of the molecule is Cc1ccnc(C#CCCBr)c1. The summed E-state index contributed by atoms with van der Waals surface area (Å²) in [5, 5.41) is 0.922. The van der Waals surface area contributed by atoms with E-state index in [9.17, 15) is 0 Å². The molecule has 0 fully saturated rings. The van der Waals surface area contributed by atoms with Crippen LogP contribution in [-0.2, 0) is 0 Å². The van der Waals surface area contributed by atoms with Gasteiger partial charge < -0.3 is 0 Å². The third kappa shape index (κ3) is 3.06. The number of rotatable bonds is 1. The second-order valence-electron chi connectivity index (χ2n) is 2.46. The highest BCUT2D eigenvalue weighted by atomic mass is 79.9. The van der Waals surface area contributed by atoms with E-state index in [4.69, 9.17) is 0 Å². The van der Waals surface area contributed by atoms with E-state index in [0.717, 1.165) is 17.4 Å². The lowest BCUT2D eigenvalue weighted by molar-refractivity contribution is 1.24. The average molecular weight is 224 g/mol. The Kier molecular flexibility index (Phi) is 3.83. The lowest BCUT2D eigenvalue weighted by Gasteiger charge is -1.90. The van der Waals surface area contributed by atoms with E-state index in [0.29, 0.717) is 0 Å². The maximum atomic E-state index is 4.12. The summed E-state index contributed by atoms with van der Waals surface area (Å²) in [7, 11) is 0. The van der Waals surface area contributed by atoms with Crippen LogP contribution in [0.1, 0.15) is 17.7 Å². The Labute approximate surface area is 81.3 Å². The van der Waals surface area contributed by atoms with Crippen LogP contribution < -0.4 is 0 Å². The van der Waals surface area contributed by atoms with Crippen molar-refractivity contribution in [1.29, 1.82) is 0 Å². The fourth-order valence-electron chi connectivity index (χ4n) is 0.805. The second-order valence-corrected chi connectivity index (χ2v) is 3.25. The molecule has 0 bridgehead atoms. The van der Waals surface area contributed by atoms with E-state index in [-0.39, 0.29) is 0 Å². The van der Waals surface area contributed by atoms with Crippen molar-refractivity contribution >= 4 is 15.9 Å². The molecule has 2 heteroatoms. The largest absolute Gasteiger partial charge is 0.248 e. The van der Waals surface area contributed by atoms with Crippen LogP contribution in [0.5, 0.6) is 0 Å². The number of aromatic nitrogens is 1. The van der Waals surface area contributed by atoms with Gasteiger partial charge in [0.1, 0.15) is 5.69 Å². The maximum Gasteiger partial charge on any atom is 0.113 e. The normalized spacial score (nSPS) is 8.83. The van der Waals surface area contributed by atoms with E-state index in [2.05, 4.69) is 32.8 Å². The molecule has 0 aliphatic rings. The number of aryl methyl sites for hydroxylation is 1. The molecule has 0 radical (unpaired) electrons. The molecule has 0 unspecified atom stereocenters. The number of nitrogens with zero attached hydrogens (tertiary/aromatic N) is 1. The molecule has 1 rings (SSSR count). The van der Waals surface area contributed by atoms with Crippen molar-refractivity contribution in [2.45, 2.75) is 13.3 Å². The van der Waals surface area contributed by atoms with Crippen LogP contribution in [0.15, 0.2) is 18.3 Å². The standard InChI is InChI=1S/C10H10BrN/c1-9-5-7-12-10(8-9)4-2-3-6-11/h5,7-8H,3,6H2,1H3. The highest BCUT2D eigenvalue weighted by Gasteiger charge is 1.86. The molecule has 0 aromatic carbocycles. The molecule has 0 spiro atoms. The van der Waals surface area contributed by atoms with Gasteiger partial charge in [0.2, 0.25) is 0 Å². The number of pyridine rings is 1. The first-order valence-electron chi connectivity index (χ1n) is 3.80. The first-order valence-corrected chi connectivity index (χ1v) is 4.92. The summed E-state index contributed by atoms with van der Waals surface area (Å²) in [6.07, 6.45) is 2.66. The van der Waals surface area contributed by atoms with Crippen LogP contribution in [0.4, 0.5) is 0 Å². The van der Waals surface area contributed by atoms with E-state index in [1.54, 1.807) is 6.20 Å². The molecule has 0 N–H and O–H groups in total. The molecule has 1 nitrogen and oxygen atoms in total. The van der Waals surface area contributed by atoms with Crippen LogP contribution in [0.25, 0.3) is 0 Å². The van der Waals surface area contributed by atoms with E-state index in [1.807, 2.05) is 19.1 Å². The molecule has 62 valence electrons. The molecule has 0 saturated heterocycles. The van der Waals surface area contributed by atoms with Gasteiger partial charge in [0.25, 0.3) is 0 Å². The minimum absolute atomic E-state index is 0.857. The Morgan fingerprint density at radius 2 is 2.42 bits per heavy atom. The minimum atomic E-state index is 0.857. The van der Waals surface area contributed by atoms with Crippen LogP contribution in [0.2, 0.25) is 0 Å². The van der Waals surface area contributed by atoms with Gasteiger partial charge in [-0.05, 0) is 30.5 Å². The van der Waals surface area contributed by atoms with Gasteiger partial charge in [-0.1, -0.05) is 21.9 Å². The lowest BCUT2D eigenvalue weighted by atomic mass is 10.2. The summed E-state index contributed by atoms with van der Waals surface area (Å²) in [6, 6.07) is 3.96. The van der Waals surface area contributed by atoms with Crippen molar-refractivity contribution in [3.63, 3.8) is 0 Å². The van der Waals surface area contributed by atoms with Crippen LogP contribution >= 0.6 is 15.9 Å². The van der Waals surface area contributed by atoms with Gasteiger partial charge >= 0.3 is 0 Å². The highest BCUT2D eigenvalue weighted by molar-refractivity contribution is 9.09. The quantitative estimate of drug-likeness (QED) is 0.527. The van der Waals surface area contributed by atoms with Gasteiger partial charge in [0, 0.05) is 17.9 Å². The molecule has 0 aliphatic heterocycles. The summed E-state index contributed by atoms with van der Waals surface area (Å²) in [5.74, 6) is 6.01. The number of hydrogen-bond acceptors (Lipinski definition) is 1. The van der Waals surface area contributed by atoms with Crippen LogP contribution in [-0.4, -0.2) is 10.3 Å². The molecule has 0 amide bonds. The minimum Gasteiger partial charge on any atom is -0.248 e. The maximum absolute atomic E-state index is 4.12. The zero-order chi connectivity index (χ0) is 8.81. The van der Waals surface area contributed by atoms with E-state index in [1.165, 1.54) is 5.56 Å². The number of halogens is 1. The van der Waals surface area contributed by atoms with Crippen molar-refractivity contribution in [2.75, 3.05) is 5.33 Å². The molecule has 1 heterocycles. The molecule has 1 aromatic heterocycles. The number of hydrogen-bond donors (Lipinski definition) is 0. The summed E-state index contributed by atoms with van der Waals surface area (Å²) in [5.41, 5.74) is 2.06. The van der Waals surface area contributed by atoms with Gasteiger partial charge in [-0.3, -0.25) is 0 Å². The molecule has 1 aromatic rings. The van der Waals surface area contributed by atoms with Crippen molar-refractivity contribution in [3.05, 3.63) is 29.6 Å². The van der Waals surface area contributed by atoms with Gasteiger partial charge in [0.15, 0.2) is 0 Å². The smallest absolute Gasteiger partial charge is 0.113 e.